The zero-order valence-corrected chi connectivity index (χ0v) is 13.1. The van der Waals surface area contributed by atoms with Gasteiger partial charge in [-0.05, 0) is 32.3 Å². The lowest BCUT2D eigenvalue weighted by molar-refractivity contribution is -0.297. The zero-order valence-electron chi connectivity index (χ0n) is 13.1. The summed E-state index contributed by atoms with van der Waals surface area (Å²) in [5.74, 6) is -2.14. The number of carboxylic acids is 1. The SMILES string of the molecule is CN(C)CCC(OC(=O)/C=C/C(=O)[O-])N(C)c1ccccc1. The van der Waals surface area contributed by atoms with E-state index in [4.69, 9.17) is 4.74 Å². The predicted molar refractivity (Wildman–Crippen MR) is 82.0 cm³/mol. The molecule has 1 aromatic carbocycles. The number of hydrogen-bond donors (Lipinski definition) is 0. The number of hydrogen-bond acceptors (Lipinski definition) is 6. The van der Waals surface area contributed by atoms with Crippen molar-refractivity contribution in [3.05, 3.63) is 42.5 Å². The third-order valence-corrected chi connectivity index (χ3v) is 3.03. The van der Waals surface area contributed by atoms with E-state index in [1.807, 2.05) is 61.3 Å². The van der Waals surface area contributed by atoms with Crippen LogP contribution >= 0.6 is 0 Å². The molecule has 1 rings (SSSR count). The van der Waals surface area contributed by atoms with Crippen molar-refractivity contribution in [1.29, 1.82) is 0 Å². The lowest BCUT2D eigenvalue weighted by atomic mass is 10.2. The van der Waals surface area contributed by atoms with Crippen LogP contribution in [-0.4, -0.2) is 50.8 Å². The van der Waals surface area contributed by atoms with Gasteiger partial charge in [-0.15, -0.1) is 0 Å². The van der Waals surface area contributed by atoms with E-state index in [0.717, 1.165) is 18.3 Å². The first kappa shape index (κ1) is 17.7. The lowest BCUT2D eigenvalue weighted by Crippen LogP contribution is -2.38. The number of nitrogens with zero attached hydrogens (tertiary/aromatic N) is 2. The average molecular weight is 305 g/mol. The molecular weight excluding hydrogens is 284 g/mol. The van der Waals surface area contributed by atoms with Gasteiger partial charge in [-0.2, -0.15) is 0 Å². The maximum Gasteiger partial charge on any atom is 0.332 e. The van der Waals surface area contributed by atoms with Crippen molar-refractivity contribution in [3.8, 4) is 0 Å². The maximum absolute atomic E-state index is 11.7. The van der Waals surface area contributed by atoms with Gasteiger partial charge in [0.05, 0.1) is 5.97 Å². The molecule has 1 aromatic rings. The number of benzene rings is 1. The van der Waals surface area contributed by atoms with Crippen molar-refractivity contribution >= 4 is 17.6 Å². The average Bonchev–Trinajstić information content (AvgIpc) is 2.49. The molecule has 0 fully saturated rings. The van der Waals surface area contributed by atoms with Crippen molar-refractivity contribution in [3.63, 3.8) is 0 Å². The maximum atomic E-state index is 11.7. The number of esters is 1. The molecule has 0 N–H and O–H groups in total. The van der Waals surface area contributed by atoms with Crippen LogP contribution in [0.1, 0.15) is 6.42 Å². The molecule has 0 aromatic heterocycles. The normalized spacial score (nSPS) is 12.4. The van der Waals surface area contributed by atoms with E-state index in [0.29, 0.717) is 12.5 Å². The molecule has 0 saturated carbocycles. The quantitative estimate of drug-likeness (QED) is 0.389. The van der Waals surface area contributed by atoms with Gasteiger partial charge in [-0.3, -0.25) is 0 Å². The number of anilines is 1. The third-order valence-electron chi connectivity index (χ3n) is 3.03. The van der Waals surface area contributed by atoms with Crippen molar-refractivity contribution in [2.24, 2.45) is 0 Å². The number of ether oxygens (including phenoxy) is 1. The van der Waals surface area contributed by atoms with Crippen molar-refractivity contribution in [2.75, 3.05) is 32.6 Å². The van der Waals surface area contributed by atoms with Gasteiger partial charge < -0.3 is 24.4 Å². The van der Waals surface area contributed by atoms with Crippen LogP contribution in [0.25, 0.3) is 0 Å². The molecule has 0 radical (unpaired) electrons. The smallest absolute Gasteiger partial charge is 0.332 e. The summed E-state index contributed by atoms with van der Waals surface area (Å²) in [7, 11) is 5.68. The molecule has 22 heavy (non-hydrogen) atoms. The summed E-state index contributed by atoms with van der Waals surface area (Å²) in [6.45, 7) is 0.722. The highest BCUT2D eigenvalue weighted by Crippen LogP contribution is 2.17. The van der Waals surface area contributed by atoms with Crippen LogP contribution in [0.3, 0.4) is 0 Å². The number of carbonyl (C=O) groups is 2. The predicted octanol–water partition coefficient (Wildman–Crippen LogP) is 0.250. The van der Waals surface area contributed by atoms with E-state index in [2.05, 4.69) is 0 Å². The van der Waals surface area contributed by atoms with Crippen molar-refractivity contribution < 1.29 is 19.4 Å². The number of carbonyl (C=O) groups excluding carboxylic acids is 2. The van der Waals surface area contributed by atoms with Crippen LogP contribution < -0.4 is 10.0 Å². The highest BCUT2D eigenvalue weighted by Gasteiger charge is 2.19. The highest BCUT2D eigenvalue weighted by atomic mass is 16.6. The van der Waals surface area contributed by atoms with Crippen LogP contribution in [-0.2, 0) is 14.3 Å². The first-order valence-corrected chi connectivity index (χ1v) is 6.92. The molecule has 1 atom stereocenters. The van der Waals surface area contributed by atoms with Crippen LogP contribution in [0.5, 0.6) is 0 Å². The summed E-state index contributed by atoms with van der Waals surface area (Å²) in [6.07, 6.45) is 1.61. The minimum absolute atomic E-state index is 0.497. The van der Waals surface area contributed by atoms with E-state index in [-0.39, 0.29) is 0 Å². The Labute approximate surface area is 130 Å². The van der Waals surface area contributed by atoms with Crippen molar-refractivity contribution in [2.45, 2.75) is 12.6 Å². The first-order chi connectivity index (χ1) is 10.4. The Morgan fingerprint density at radius 2 is 1.82 bits per heavy atom. The molecule has 0 saturated heterocycles. The van der Waals surface area contributed by atoms with Gasteiger partial charge in [-0.1, -0.05) is 18.2 Å². The monoisotopic (exact) mass is 305 g/mol. The van der Waals surface area contributed by atoms with E-state index < -0.39 is 18.2 Å². The molecule has 0 heterocycles. The molecule has 120 valence electrons. The fourth-order valence-electron chi connectivity index (χ4n) is 1.84. The summed E-state index contributed by atoms with van der Waals surface area (Å²) in [6, 6.07) is 9.51. The number of rotatable bonds is 8. The lowest BCUT2D eigenvalue weighted by Gasteiger charge is -2.30. The molecule has 6 nitrogen and oxygen atoms in total. The molecule has 0 bridgehead atoms. The Morgan fingerprint density at radius 3 is 2.36 bits per heavy atom. The summed E-state index contributed by atoms with van der Waals surface area (Å²) in [4.78, 5) is 25.9. The second-order valence-corrected chi connectivity index (χ2v) is 5.08. The number of para-hydroxylation sites is 1. The molecule has 0 amide bonds. The van der Waals surface area contributed by atoms with E-state index in [9.17, 15) is 14.7 Å². The highest BCUT2D eigenvalue weighted by molar-refractivity contribution is 5.90. The van der Waals surface area contributed by atoms with Gasteiger partial charge in [0, 0.05) is 31.8 Å². The third kappa shape index (κ3) is 6.41. The zero-order chi connectivity index (χ0) is 16.5. The molecular formula is C16H21N2O4-. The second kappa shape index (κ2) is 8.84. The Morgan fingerprint density at radius 1 is 1.18 bits per heavy atom. The topological polar surface area (TPSA) is 72.9 Å². The summed E-state index contributed by atoms with van der Waals surface area (Å²) in [5.41, 5.74) is 0.905. The largest absolute Gasteiger partial charge is 0.545 e. The van der Waals surface area contributed by atoms with Gasteiger partial charge in [0.1, 0.15) is 0 Å². The van der Waals surface area contributed by atoms with Crippen LogP contribution in [0.4, 0.5) is 5.69 Å². The van der Waals surface area contributed by atoms with E-state index in [1.165, 1.54) is 0 Å². The van der Waals surface area contributed by atoms with Gasteiger partial charge in [0.2, 0.25) is 0 Å². The number of aliphatic carboxylic acids is 1. The molecule has 6 heteroatoms. The summed E-state index contributed by atoms with van der Waals surface area (Å²) >= 11 is 0. The Kier molecular flexibility index (Phi) is 7.12. The Bertz CT molecular complexity index is 514. The molecule has 0 aliphatic heterocycles. The fourth-order valence-corrected chi connectivity index (χ4v) is 1.84. The van der Waals surface area contributed by atoms with E-state index >= 15 is 0 Å². The van der Waals surface area contributed by atoms with Gasteiger partial charge in [-0.25, -0.2) is 4.79 Å². The standard InChI is InChI=1S/C16H22N2O4/c1-17(2)12-11-14(22-16(21)10-9-15(19)20)18(3)13-7-5-4-6-8-13/h4-10,14H,11-12H2,1-3H3,(H,19,20)/p-1/b10-9+. The Balaban J connectivity index is 2.79. The molecule has 0 aliphatic rings. The molecule has 1 unspecified atom stereocenters. The number of carboxylic acid groups (broad SMARTS) is 1. The molecule has 0 aliphatic carbocycles. The second-order valence-electron chi connectivity index (χ2n) is 5.08. The Hall–Kier alpha value is -2.34. The van der Waals surface area contributed by atoms with Crippen LogP contribution in [0.15, 0.2) is 42.5 Å². The van der Waals surface area contributed by atoms with Gasteiger partial charge in [0.25, 0.3) is 0 Å². The minimum Gasteiger partial charge on any atom is -0.545 e. The summed E-state index contributed by atoms with van der Waals surface area (Å²) in [5, 5.41) is 10.3. The van der Waals surface area contributed by atoms with E-state index in [1.54, 1.807) is 0 Å². The van der Waals surface area contributed by atoms with Gasteiger partial charge in [0.15, 0.2) is 6.23 Å². The fraction of sp³-hybridized carbons (Fsp3) is 0.375. The van der Waals surface area contributed by atoms with Crippen LogP contribution in [0, 0.1) is 0 Å². The first-order valence-electron chi connectivity index (χ1n) is 6.92. The van der Waals surface area contributed by atoms with Crippen LogP contribution in [0.2, 0.25) is 0 Å². The molecule has 0 spiro atoms. The van der Waals surface area contributed by atoms with Gasteiger partial charge >= 0.3 is 5.97 Å². The summed E-state index contributed by atoms with van der Waals surface area (Å²) < 4.78 is 5.35. The van der Waals surface area contributed by atoms with Crippen molar-refractivity contribution in [1.82, 2.24) is 4.90 Å². The minimum atomic E-state index is -1.43.